The molecule has 0 unspecified atom stereocenters. The van der Waals surface area contributed by atoms with Crippen molar-refractivity contribution in [1.82, 2.24) is 0 Å². The van der Waals surface area contributed by atoms with Gasteiger partial charge in [0, 0.05) is 0 Å². The van der Waals surface area contributed by atoms with E-state index in [1.54, 1.807) is 0 Å². The average molecular weight is 85.1 g/mol. The first-order chi connectivity index (χ1) is 2.77. The van der Waals surface area contributed by atoms with E-state index in [-0.39, 0.29) is 5.78 Å². The standard InChI is InChI=1S/C5H9O/c1-3-4-5(2)6/h2-4H2,1H3/q+1. The number of rotatable bonds is 2. The lowest BCUT2D eigenvalue weighted by Gasteiger charge is -1.73. The van der Waals surface area contributed by atoms with E-state index in [9.17, 15) is 4.79 Å². The molecule has 0 radical (unpaired) electrons. The fourth-order valence-electron chi connectivity index (χ4n) is 0.279. The van der Waals surface area contributed by atoms with Crippen molar-refractivity contribution in [3.63, 3.8) is 0 Å². The maximum Gasteiger partial charge on any atom is 0.303 e. The predicted molar refractivity (Wildman–Crippen MR) is 25.3 cm³/mol. The Balaban J connectivity index is 2.83. The van der Waals surface area contributed by atoms with Crippen LogP contribution < -0.4 is 0 Å². The molecule has 0 fully saturated rings. The second-order valence-electron chi connectivity index (χ2n) is 1.29. The van der Waals surface area contributed by atoms with Gasteiger partial charge in [-0.05, 0) is 6.42 Å². The van der Waals surface area contributed by atoms with Crippen LogP contribution in [0.5, 0.6) is 0 Å². The monoisotopic (exact) mass is 85.1 g/mol. The third kappa shape index (κ3) is 3.54. The number of carbonyl (C=O) groups excluding carboxylic acids is 1. The molecule has 0 saturated heterocycles. The summed E-state index contributed by atoms with van der Waals surface area (Å²) in [6, 6.07) is 0. The van der Waals surface area contributed by atoms with Crippen LogP contribution in [0.15, 0.2) is 0 Å². The highest BCUT2D eigenvalue weighted by Crippen LogP contribution is 1.83. The van der Waals surface area contributed by atoms with Gasteiger partial charge in [-0.25, -0.2) is 4.79 Å². The molecule has 0 aromatic heterocycles. The number of ketones is 1. The van der Waals surface area contributed by atoms with Crippen LogP contribution in [-0.4, -0.2) is 5.78 Å². The van der Waals surface area contributed by atoms with Crippen LogP contribution in [0.25, 0.3) is 0 Å². The van der Waals surface area contributed by atoms with Crippen molar-refractivity contribution >= 4 is 5.78 Å². The van der Waals surface area contributed by atoms with Crippen LogP contribution in [0.3, 0.4) is 0 Å². The maximum absolute atomic E-state index is 9.93. The Kier molecular flexibility index (Phi) is 2.55. The summed E-state index contributed by atoms with van der Waals surface area (Å²) >= 11 is 0. The van der Waals surface area contributed by atoms with Crippen LogP contribution in [0.2, 0.25) is 0 Å². The SMILES string of the molecule is [CH2+]C(=O)CCC. The Bertz CT molecular complexity index is 47.9. The summed E-state index contributed by atoms with van der Waals surface area (Å²) in [5.41, 5.74) is 0. The van der Waals surface area contributed by atoms with E-state index >= 15 is 0 Å². The number of hydrogen-bond acceptors (Lipinski definition) is 1. The van der Waals surface area contributed by atoms with Gasteiger partial charge in [-0.3, -0.25) is 0 Å². The van der Waals surface area contributed by atoms with Gasteiger partial charge in [-0.2, -0.15) is 0 Å². The van der Waals surface area contributed by atoms with Gasteiger partial charge in [0.2, 0.25) is 0 Å². The molecule has 34 valence electrons. The Morgan fingerprint density at radius 3 is 2.33 bits per heavy atom. The predicted octanol–water partition coefficient (Wildman–Crippen LogP) is 1.19. The third-order valence-electron chi connectivity index (χ3n) is 0.529. The summed E-state index contributed by atoms with van der Waals surface area (Å²) in [6.07, 6.45) is 1.54. The first kappa shape index (κ1) is 5.54. The van der Waals surface area contributed by atoms with Crippen LogP contribution in [0.4, 0.5) is 0 Å². The molecular weight excluding hydrogens is 76.1 g/mol. The quantitative estimate of drug-likeness (QED) is 0.460. The Hall–Kier alpha value is -0.460. The normalized spacial score (nSPS) is 8.17. The Labute approximate surface area is 38.4 Å². The van der Waals surface area contributed by atoms with Crippen LogP contribution in [-0.2, 0) is 4.79 Å². The molecule has 0 aromatic rings. The van der Waals surface area contributed by atoms with Crippen LogP contribution >= 0.6 is 0 Å². The molecule has 0 saturated carbocycles. The smallest absolute Gasteiger partial charge is 0.244 e. The van der Waals surface area contributed by atoms with E-state index in [4.69, 9.17) is 0 Å². The summed E-state index contributed by atoms with van der Waals surface area (Å²) in [5, 5.41) is 0. The number of carbonyl (C=O) groups is 1. The van der Waals surface area contributed by atoms with E-state index in [2.05, 4.69) is 6.92 Å². The van der Waals surface area contributed by atoms with E-state index in [1.807, 2.05) is 6.92 Å². The fraction of sp³-hybridized carbons (Fsp3) is 0.600. The van der Waals surface area contributed by atoms with E-state index in [0.29, 0.717) is 6.42 Å². The molecular formula is C5H9O+. The first-order valence-corrected chi connectivity index (χ1v) is 2.12. The zero-order chi connectivity index (χ0) is 4.99. The summed E-state index contributed by atoms with van der Waals surface area (Å²) in [7, 11) is 0. The zero-order valence-corrected chi connectivity index (χ0v) is 4.03. The Morgan fingerprint density at radius 2 is 2.33 bits per heavy atom. The molecule has 0 bridgehead atoms. The first-order valence-electron chi connectivity index (χ1n) is 2.12. The minimum absolute atomic E-state index is 0.0394. The summed E-state index contributed by atoms with van der Waals surface area (Å²) in [4.78, 5) is 9.93. The highest BCUT2D eigenvalue weighted by Gasteiger charge is 1.93. The number of hydrogen-bond donors (Lipinski definition) is 0. The largest absolute Gasteiger partial charge is 0.303 e. The average Bonchev–Trinajstić information content (AvgIpc) is 1.35. The second kappa shape index (κ2) is 2.76. The topological polar surface area (TPSA) is 17.1 Å². The maximum atomic E-state index is 9.93. The van der Waals surface area contributed by atoms with Crippen LogP contribution in [0, 0.1) is 6.92 Å². The lowest BCUT2D eigenvalue weighted by atomic mass is 10.3. The molecule has 0 heterocycles. The molecule has 0 aromatic carbocycles. The number of Topliss-reactive ketones (excluding diaryl/α,β-unsaturated/α-hetero) is 1. The van der Waals surface area contributed by atoms with Crippen molar-refractivity contribution < 1.29 is 4.79 Å². The van der Waals surface area contributed by atoms with Gasteiger partial charge in [0.05, 0.1) is 6.42 Å². The molecule has 0 spiro atoms. The van der Waals surface area contributed by atoms with E-state index in [0.717, 1.165) is 6.42 Å². The molecule has 0 rings (SSSR count). The summed E-state index contributed by atoms with van der Waals surface area (Å²) in [6.45, 7) is 5.15. The van der Waals surface area contributed by atoms with Crippen molar-refractivity contribution in [3.05, 3.63) is 6.92 Å². The van der Waals surface area contributed by atoms with Crippen molar-refractivity contribution in [2.45, 2.75) is 19.8 Å². The van der Waals surface area contributed by atoms with Gasteiger partial charge in [0.1, 0.15) is 6.92 Å². The fourth-order valence-corrected chi connectivity index (χ4v) is 0.279. The van der Waals surface area contributed by atoms with E-state index in [1.165, 1.54) is 0 Å². The third-order valence-corrected chi connectivity index (χ3v) is 0.529. The highest BCUT2D eigenvalue weighted by molar-refractivity contribution is 5.82. The van der Waals surface area contributed by atoms with E-state index < -0.39 is 0 Å². The minimum atomic E-state index is 0.0394. The molecule has 1 heteroatoms. The Morgan fingerprint density at radius 1 is 1.83 bits per heavy atom. The van der Waals surface area contributed by atoms with Crippen molar-refractivity contribution in [2.75, 3.05) is 0 Å². The summed E-state index contributed by atoms with van der Waals surface area (Å²) in [5.74, 6) is 0.0394. The van der Waals surface area contributed by atoms with Gasteiger partial charge >= 0.3 is 5.78 Å². The molecule has 0 atom stereocenters. The molecule has 0 aliphatic rings. The molecule has 0 aliphatic carbocycles. The molecule has 0 amide bonds. The van der Waals surface area contributed by atoms with Gasteiger partial charge < -0.3 is 0 Å². The lowest BCUT2D eigenvalue weighted by molar-refractivity contribution is -0.114. The van der Waals surface area contributed by atoms with Gasteiger partial charge in [0.15, 0.2) is 0 Å². The summed E-state index contributed by atoms with van der Waals surface area (Å²) < 4.78 is 0. The van der Waals surface area contributed by atoms with Gasteiger partial charge in [-0.1, -0.05) is 6.92 Å². The lowest BCUT2D eigenvalue weighted by Crippen LogP contribution is -1.85. The highest BCUT2D eigenvalue weighted by atomic mass is 16.1. The van der Waals surface area contributed by atoms with Crippen molar-refractivity contribution in [2.24, 2.45) is 0 Å². The molecule has 0 aliphatic heterocycles. The van der Waals surface area contributed by atoms with Gasteiger partial charge in [0.25, 0.3) is 0 Å². The van der Waals surface area contributed by atoms with Crippen molar-refractivity contribution in [1.29, 1.82) is 0 Å². The van der Waals surface area contributed by atoms with Crippen LogP contribution in [0.1, 0.15) is 19.8 Å². The molecule has 1 nitrogen and oxygen atoms in total. The molecule has 6 heavy (non-hydrogen) atoms. The van der Waals surface area contributed by atoms with Gasteiger partial charge in [-0.15, -0.1) is 0 Å². The molecule has 0 N–H and O–H groups in total. The zero-order valence-electron chi connectivity index (χ0n) is 4.03. The minimum Gasteiger partial charge on any atom is -0.244 e. The second-order valence-corrected chi connectivity index (χ2v) is 1.29. The van der Waals surface area contributed by atoms with Crippen molar-refractivity contribution in [3.8, 4) is 0 Å².